The minimum atomic E-state index is -5.84. The summed E-state index contributed by atoms with van der Waals surface area (Å²) in [7, 11) is -3.41. The Kier molecular flexibility index (Phi) is 5.82. The van der Waals surface area contributed by atoms with Crippen LogP contribution in [0.2, 0.25) is 0 Å². The van der Waals surface area contributed by atoms with Crippen molar-refractivity contribution in [2.75, 3.05) is 5.75 Å². The summed E-state index contributed by atoms with van der Waals surface area (Å²) >= 11 is 0. The van der Waals surface area contributed by atoms with Gasteiger partial charge in [-0.2, -0.15) is 27.2 Å². The number of hydrogen-bond donors (Lipinski definition) is 1. The van der Waals surface area contributed by atoms with Crippen molar-refractivity contribution in [3.8, 4) is 23.2 Å². The van der Waals surface area contributed by atoms with Gasteiger partial charge in [0.25, 0.3) is 0 Å². The van der Waals surface area contributed by atoms with E-state index in [2.05, 4.69) is 15.0 Å². The lowest BCUT2D eigenvalue weighted by molar-refractivity contribution is -0.290. The van der Waals surface area contributed by atoms with E-state index in [4.69, 9.17) is 14.8 Å². The van der Waals surface area contributed by atoms with Crippen LogP contribution < -0.4 is 4.74 Å². The molecular formula is C19H17F5N6O2S. The molecule has 0 fully saturated rings. The summed E-state index contributed by atoms with van der Waals surface area (Å²) in [6.45, 7) is 4.48. The van der Waals surface area contributed by atoms with Crippen LogP contribution in [0.4, 0.5) is 22.0 Å². The first-order valence-electron chi connectivity index (χ1n) is 9.28. The molecule has 1 N–H and O–H groups in total. The highest BCUT2D eigenvalue weighted by Crippen LogP contribution is 2.43. The predicted octanol–water partition coefficient (Wildman–Crippen LogP) is 4.55. The molecule has 1 atom stereocenters. The van der Waals surface area contributed by atoms with Crippen molar-refractivity contribution in [1.82, 2.24) is 19.4 Å². The van der Waals surface area contributed by atoms with Gasteiger partial charge in [0.2, 0.25) is 0 Å². The van der Waals surface area contributed by atoms with Gasteiger partial charge in [-0.1, -0.05) is 6.92 Å². The number of ether oxygens (including phenoxy) is 1. The highest BCUT2D eigenvalue weighted by molar-refractivity contribution is 7.92. The normalized spacial score (nSPS) is 14.6. The molecule has 33 heavy (non-hydrogen) atoms. The largest absolute Gasteiger partial charge is 0.471 e. The van der Waals surface area contributed by atoms with Gasteiger partial charge in [0.15, 0.2) is 5.60 Å². The Hall–Kier alpha value is -3.34. The lowest BCUT2D eigenvalue weighted by Gasteiger charge is -2.19. The fourth-order valence-electron chi connectivity index (χ4n) is 2.72. The molecule has 0 aromatic carbocycles. The number of halogens is 5. The minimum Gasteiger partial charge on any atom is -0.471 e. The summed E-state index contributed by atoms with van der Waals surface area (Å²) in [6.07, 6.45) is -2.65. The van der Waals surface area contributed by atoms with Gasteiger partial charge < -0.3 is 4.74 Å². The van der Waals surface area contributed by atoms with Gasteiger partial charge in [-0.15, -0.1) is 0 Å². The zero-order valence-electron chi connectivity index (χ0n) is 17.4. The van der Waals surface area contributed by atoms with Gasteiger partial charge >= 0.3 is 12.1 Å². The van der Waals surface area contributed by atoms with Crippen molar-refractivity contribution in [1.29, 1.82) is 10.0 Å². The molecule has 0 amide bonds. The zero-order chi connectivity index (χ0) is 24.8. The third-order valence-electron chi connectivity index (χ3n) is 4.50. The molecule has 0 aliphatic carbocycles. The number of nitrogens with one attached hydrogen (secondary N) is 1. The second kappa shape index (κ2) is 7.91. The van der Waals surface area contributed by atoms with E-state index in [9.17, 15) is 26.2 Å². The number of aromatic nitrogens is 4. The number of nitrogens with zero attached hydrogens (tertiary/aromatic N) is 5. The smallest absolute Gasteiger partial charge is 0.459 e. The van der Waals surface area contributed by atoms with Crippen LogP contribution >= 0.6 is 0 Å². The molecule has 0 spiro atoms. The SMILES string of the molecule is CCS(=N)(=O)c1cc(OC(C)(C)C#N)cnc1-c1cn2cnc(C(F)(F)C(F)(F)F)cc2n1. The Bertz CT molecular complexity index is 1360. The lowest BCUT2D eigenvalue weighted by Crippen LogP contribution is -2.34. The van der Waals surface area contributed by atoms with Crippen molar-refractivity contribution in [3.05, 3.63) is 36.5 Å². The molecule has 3 rings (SSSR count). The number of fused-ring (bicyclic) bond motifs is 1. The van der Waals surface area contributed by atoms with Crippen LogP contribution in [0.25, 0.3) is 17.0 Å². The molecule has 14 heteroatoms. The predicted molar refractivity (Wildman–Crippen MR) is 106 cm³/mol. The van der Waals surface area contributed by atoms with Crippen LogP contribution in [0, 0.1) is 16.1 Å². The second-order valence-corrected chi connectivity index (χ2v) is 9.81. The number of alkyl halides is 5. The maximum absolute atomic E-state index is 13.7. The molecule has 3 heterocycles. The molecule has 8 nitrogen and oxygen atoms in total. The Balaban J connectivity index is 2.15. The van der Waals surface area contributed by atoms with E-state index in [-0.39, 0.29) is 33.4 Å². The van der Waals surface area contributed by atoms with Crippen molar-refractivity contribution in [3.63, 3.8) is 0 Å². The average molecular weight is 488 g/mol. The summed E-state index contributed by atoms with van der Waals surface area (Å²) in [5.41, 5.74) is -3.14. The summed E-state index contributed by atoms with van der Waals surface area (Å²) < 4.78 is 93.0. The van der Waals surface area contributed by atoms with Gasteiger partial charge in [-0.3, -0.25) is 4.40 Å². The molecular weight excluding hydrogens is 471 g/mol. The molecule has 0 bridgehead atoms. The monoisotopic (exact) mass is 488 g/mol. The molecule has 3 aromatic heterocycles. The van der Waals surface area contributed by atoms with E-state index in [1.165, 1.54) is 39.2 Å². The maximum Gasteiger partial charge on any atom is 0.459 e. The second-order valence-electron chi connectivity index (χ2n) is 7.44. The molecule has 0 aliphatic rings. The molecule has 0 saturated carbocycles. The molecule has 0 aliphatic heterocycles. The first-order valence-corrected chi connectivity index (χ1v) is 11.0. The Morgan fingerprint density at radius 1 is 1.21 bits per heavy atom. The maximum atomic E-state index is 13.7. The van der Waals surface area contributed by atoms with Crippen molar-refractivity contribution >= 4 is 15.4 Å². The van der Waals surface area contributed by atoms with Crippen LogP contribution in [-0.2, 0) is 15.7 Å². The first-order chi connectivity index (χ1) is 15.1. The Labute approximate surface area is 185 Å². The summed E-state index contributed by atoms with van der Waals surface area (Å²) in [5, 5.41) is 9.14. The fraction of sp³-hybridized carbons (Fsp3) is 0.368. The number of rotatable bonds is 6. The number of hydrogen-bond acceptors (Lipinski definition) is 7. The van der Waals surface area contributed by atoms with E-state index in [1.807, 2.05) is 6.07 Å². The van der Waals surface area contributed by atoms with Crippen LogP contribution in [0.15, 0.2) is 35.7 Å². The highest BCUT2D eigenvalue weighted by Gasteiger charge is 2.60. The van der Waals surface area contributed by atoms with Crippen molar-refractivity contribution in [2.45, 2.75) is 43.4 Å². The summed E-state index contributed by atoms with van der Waals surface area (Å²) in [6, 6.07) is 3.68. The van der Waals surface area contributed by atoms with Gasteiger partial charge in [0.05, 0.1) is 20.8 Å². The van der Waals surface area contributed by atoms with E-state index in [0.29, 0.717) is 6.07 Å². The van der Waals surface area contributed by atoms with E-state index in [0.717, 1.165) is 10.7 Å². The third kappa shape index (κ3) is 4.58. The van der Waals surface area contributed by atoms with Crippen molar-refractivity contribution in [2.24, 2.45) is 0 Å². The average Bonchev–Trinajstić information content (AvgIpc) is 3.15. The zero-order valence-corrected chi connectivity index (χ0v) is 18.3. The standard InChI is InChI=1S/C19H17F5N6O2S/c1-4-33(26,31)13-5-11(32-17(2,3)9-25)7-27-16(13)12-8-30-10-28-14(6-15(30)29-12)18(20,21)19(22,23)24/h5-8,10,26H,4H2,1-3H3. The van der Waals surface area contributed by atoms with E-state index in [1.54, 1.807) is 0 Å². The van der Waals surface area contributed by atoms with Crippen LogP contribution in [-0.4, -0.2) is 41.1 Å². The molecule has 176 valence electrons. The Morgan fingerprint density at radius 3 is 2.45 bits per heavy atom. The molecule has 1 unspecified atom stereocenters. The fourth-order valence-corrected chi connectivity index (χ4v) is 3.81. The minimum absolute atomic E-state index is 0.0289. The van der Waals surface area contributed by atoms with E-state index >= 15 is 0 Å². The van der Waals surface area contributed by atoms with Crippen LogP contribution in [0.5, 0.6) is 5.75 Å². The number of imidazole rings is 1. The number of nitriles is 1. The third-order valence-corrected chi connectivity index (χ3v) is 6.33. The van der Waals surface area contributed by atoms with Gasteiger partial charge in [-0.25, -0.2) is 23.9 Å². The first kappa shape index (κ1) is 24.3. The van der Waals surface area contributed by atoms with Gasteiger partial charge in [-0.05, 0) is 13.8 Å². The molecule has 0 radical (unpaired) electrons. The van der Waals surface area contributed by atoms with Crippen molar-refractivity contribution < 1.29 is 30.9 Å². The summed E-state index contributed by atoms with van der Waals surface area (Å²) in [4.78, 5) is 11.3. The summed E-state index contributed by atoms with van der Waals surface area (Å²) in [5.74, 6) is -5.23. The van der Waals surface area contributed by atoms with Gasteiger partial charge in [0.1, 0.15) is 40.9 Å². The molecule has 0 saturated heterocycles. The quantitative estimate of drug-likeness (QED) is 0.509. The number of pyridine rings is 1. The van der Waals surface area contributed by atoms with Crippen LogP contribution in [0.3, 0.4) is 0 Å². The van der Waals surface area contributed by atoms with Crippen LogP contribution in [0.1, 0.15) is 26.5 Å². The van der Waals surface area contributed by atoms with E-state index < -0.39 is 33.1 Å². The highest BCUT2D eigenvalue weighted by atomic mass is 32.2. The van der Waals surface area contributed by atoms with Gasteiger partial charge in [0, 0.05) is 24.1 Å². The Morgan fingerprint density at radius 2 is 1.88 bits per heavy atom. The lowest BCUT2D eigenvalue weighted by atomic mass is 10.2. The molecule has 3 aromatic rings. The topological polar surface area (TPSA) is 117 Å².